The largest absolute Gasteiger partial charge is 0.365 e. The molecule has 20 heavy (non-hydrogen) atoms. The van der Waals surface area contributed by atoms with Crippen molar-refractivity contribution >= 4 is 33.4 Å². The third-order valence-corrected chi connectivity index (χ3v) is 3.13. The molecule has 0 aliphatic rings. The van der Waals surface area contributed by atoms with Crippen molar-refractivity contribution in [3.05, 3.63) is 58.8 Å². The molecule has 3 N–H and O–H groups in total. The van der Waals surface area contributed by atoms with E-state index in [2.05, 4.69) is 21.2 Å². The number of carbonyl (C=O) groups is 2. The molecule has 0 radical (unpaired) electrons. The van der Waals surface area contributed by atoms with E-state index in [1.54, 1.807) is 41.2 Å². The second-order valence-corrected chi connectivity index (χ2v) is 5.10. The van der Waals surface area contributed by atoms with E-state index in [0.717, 1.165) is 4.47 Å². The van der Waals surface area contributed by atoms with E-state index in [0.29, 0.717) is 11.3 Å². The number of primary amides is 1. The van der Waals surface area contributed by atoms with Crippen LogP contribution in [-0.4, -0.2) is 11.8 Å². The summed E-state index contributed by atoms with van der Waals surface area (Å²) in [4.78, 5) is 23.0. The molecular weight excluding hydrogens is 322 g/mol. The first-order valence-corrected chi connectivity index (χ1v) is 6.68. The number of pyridine rings is 1. The Morgan fingerprint density at radius 2 is 1.90 bits per heavy atom. The van der Waals surface area contributed by atoms with Gasteiger partial charge in [-0.2, -0.15) is 4.57 Å². The van der Waals surface area contributed by atoms with E-state index < -0.39 is 5.91 Å². The fourth-order valence-corrected chi connectivity index (χ4v) is 1.93. The highest BCUT2D eigenvalue weighted by Crippen LogP contribution is 2.13. The van der Waals surface area contributed by atoms with Gasteiger partial charge in [0, 0.05) is 16.2 Å². The summed E-state index contributed by atoms with van der Waals surface area (Å²) >= 11 is 3.33. The van der Waals surface area contributed by atoms with Gasteiger partial charge in [0.25, 0.3) is 11.8 Å². The molecule has 1 heterocycles. The number of nitrogens with one attached hydrogen (secondary N) is 1. The zero-order valence-corrected chi connectivity index (χ0v) is 12.1. The van der Waals surface area contributed by atoms with Crippen LogP contribution in [0, 0.1) is 0 Å². The van der Waals surface area contributed by atoms with Gasteiger partial charge in [-0.15, -0.1) is 0 Å². The Labute approximate surface area is 124 Å². The maximum absolute atomic E-state index is 11.9. The zero-order valence-electron chi connectivity index (χ0n) is 10.5. The number of hydrogen-bond acceptors (Lipinski definition) is 2. The SMILES string of the molecule is NC(=O)c1ccc[n+](CC(=O)Nc2ccc(Br)cc2)c1. The molecule has 0 aliphatic heterocycles. The first-order chi connectivity index (χ1) is 9.54. The Balaban J connectivity index is 2.02. The molecule has 1 aromatic carbocycles. The Morgan fingerprint density at radius 1 is 1.20 bits per heavy atom. The van der Waals surface area contributed by atoms with E-state index >= 15 is 0 Å². The monoisotopic (exact) mass is 334 g/mol. The number of rotatable bonds is 4. The van der Waals surface area contributed by atoms with Crippen molar-refractivity contribution in [2.75, 3.05) is 5.32 Å². The molecular formula is C14H13BrN3O2+. The van der Waals surface area contributed by atoms with E-state index in [9.17, 15) is 9.59 Å². The average molecular weight is 335 g/mol. The summed E-state index contributed by atoms with van der Waals surface area (Å²) in [5.41, 5.74) is 6.27. The van der Waals surface area contributed by atoms with Gasteiger partial charge in [-0.3, -0.25) is 9.59 Å². The summed E-state index contributed by atoms with van der Waals surface area (Å²) in [5.74, 6) is -0.702. The maximum Gasteiger partial charge on any atom is 0.290 e. The number of halogens is 1. The number of nitrogens with zero attached hydrogens (tertiary/aromatic N) is 1. The molecule has 2 amide bonds. The van der Waals surface area contributed by atoms with Gasteiger partial charge in [0.1, 0.15) is 5.56 Å². The molecule has 0 aliphatic carbocycles. The molecule has 1 aromatic heterocycles. The van der Waals surface area contributed by atoms with E-state index in [1.807, 2.05) is 12.1 Å². The average Bonchev–Trinajstić information content (AvgIpc) is 2.41. The highest BCUT2D eigenvalue weighted by molar-refractivity contribution is 9.10. The highest BCUT2D eigenvalue weighted by Gasteiger charge is 2.12. The molecule has 6 heteroatoms. The van der Waals surface area contributed by atoms with E-state index in [4.69, 9.17) is 5.73 Å². The normalized spacial score (nSPS) is 10.1. The highest BCUT2D eigenvalue weighted by atomic mass is 79.9. The number of aromatic nitrogens is 1. The molecule has 0 saturated heterocycles. The lowest BCUT2D eigenvalue weighted by Crippen LogP contribution is -2.40. The van der Waals surface area contributed by atoms with Crippen molar-refractivity contribution in [3.8, 4) is 0 Å². The third-order valence-electron chi connectivity index (χ3n) is 2.60. The van der Waals surface area contributed by atoms with Gasteiger partial charge in [-0.25, -0.2) is 0 Å². The number of hydrogen-bond donors (Lipinski definition) is 2. The maximum atomic E-state index is 11.9. The molecule has 0 saturated carbocycles. The minimum Gasteiger partial charge on any atom is -0.365 e. The number of benzene rings is 1. The summed E-state index contributed by atoms with van der Waals surface area (Å²) in [6.45, 7) is 0.108. The lowest BCUT2D eigenvalue weighted by molar-refractivity contribution is -0.684. The predicted octanol–water partition coefficient (Wildman–Crippen LogP) is 1.47. The lowest BCUT2D eigenvalue weighted by Gasteiger charge is -2.03. The van der Waals surface area contributed by atoms with Crippen LogP contribution in [0.4, 0.5) is 5.69 Å². The molecule has 0 atom stereocenters. The van der Waals surface area contributed by atoms with E-state index in [1.165, 1.54) is 0 Å². The third kappa shape index (κ3) is 3.89. The molecule has 2 rings (SSSR count). The van der Waals surface area contributed by atoms with Crippen molar-refractivity contribution < 1.29 is 14.2 Å². The fraction of sp³-hybridized carbons (Fsp3) is 0.0714. The zero-order chi connectivity index (χ0) is 14.5. The smallest absolute Gasteiger partial charge is 0.290 e. The topological polar surface area (TPSA) is 76.1 Å². The van der Waals surface area contributed by atoms with Gasteiger partial charge >= 0.3 is 0 Å². The van der Waals surface area contributed by atoms with Crippen LogP contribution >= 0.6 is 15.9 Å². The first kappa shape index (κ1) is 14.2. The minimum atomic E-state index is -0.521. The summed E-state index contributed by atoms with van der Waals surface area (Å²) in [7, 11) is 0. The summed E-state index contributed by atoms with van der Waals surface area (Å²) in [6.07, 6.45) is 3.25. The molecule has 0 fully saturated rings. The van der Waals surface area contributed by atoms with Crippen LogP contribution in [0.5, 0.6) is 0 Å². The van der Waals surface area contributed by atoms with Crippen molar-refractivity contribution in [1.29, 1.82) is 0 Å². The fourth-order valence-electron chi connectivity index (χ4n) is 1.67. The number of anilines is 1. The van der Waals surface area contributed by atoms with E-state index in [-0.39, 0.29) is 12.5 Å². The molecule has 2 aromatic rings. The summed E-state index contributed by atoms with van der Waals surface area (Å²) in [5, 5.41) is 2.77. The molecule has 102 valence electrons. The standard InChI is InChI=1S/C14H12BrN3O2/c15-11-3-5-12(6-4-11)17-13(19)9-18-7-1-2-10(8-18)14(16)20/h1-8H,9H2,(H2-,16,17,19,20)/p+1. The first-order valence-electron chi connectivity index (χ1n) is 5.89. The van der Waals surface area contributed by atoms with Gasteiger partial charge in [0.15, 0.2) is 12.4 Å². The summed E-state index contributed by atoms with van der Waals surface area (Å²) < 4.78 is 2.55. The van der Waals surface area contributed by atoms with Gasteiger partial charge < -0.3 is 11.1 Å². The number of carbonyl (C=O) groups excluding carboxylic acids is 2. The quantitative estimate of drug-likeness (QED) is 0.831. The second-order valence-electron chi connectivity index (χ2n) is 4.18. The van der Waals surface area contributed by atoms with Crippen LogP contribution in [0.25, 0.3) is 0 Å². The van der Waals surface area contributed by atoms with Crippen LogP contribution in [0.3, 0.4) is 0 Å². The predicted molar refractivity (Wildman–Crippen MR) is 77.9 cm³/mol. The number of nitrogens with two attached hydrogens (primary N) is 1. The molecule has 0 spiro atoms. The van der Waals surface area contributed by atoms with Gasteiger partial charge in [0.2, 0.25) is 6.54 Å². The van der Waals surface area contributed by atoms with Crippen molar-refractivity contribution in [2.24, 2.45) is 5.73 Å². The Morgan fingerprint density at radius 3 is 2.55 bits per heavy atom. The van der Waals surface area contributed by atoms with Crippen LogP contribution in [0.1, 0.15) is 10.4 Å². The van der Waals surface area contributed by atoms with Crippen LogP contribution in [0.15, 0.2) is 53.3 Å². The van der Waals surface area contributed by atoms with Crippen LogP contribution in [0.2, 0.25) is 0 Å². The van der Waals surface area contributed by atoms with Gasteiger partial charge in [0.05, 0.1) is 0 Å². The molecule has 0 unspecified atom stereocenters. The van der Waals surface area contributed by atoms with Crippen molar-refractivity contribution in [2.45, 2.75) is 6.54 Å². The second kappa shape index (κ2) is 6.29. The Hall–Kier alpha value is -2.21. The summed E-state index contributed by atoms with van der Waals surface area (Å²) in [6, 6.07) is 10.6. The Bertz CT molecular complexity index is 641. The molecule has 5 nitrogen and oxygen atoms in total. The molecule has 0 bridgehead atoms. The minimum absolute atomic E-state index is 0.108. The van der Waals surface area contributed by atoms with Crippen LogP contribution in [-0.2, 0) is 11.3 Å². The van der Waals surface area contributed by atoms with Crippen molar-refractivity contribution in [3.63, 3.8) is 0 Å². The Kier molecular flexibility index (Phi) is 4.47. The van der Waals surface area contributed by atoms with Gasteiger partial charge in [-0.1, -0.05) is 15.9 Å². The van der Waals surface area contributed by atoms with Crippen LogP contribution < -0.4 is 15.6 Å². The van der Waals surface area contributed by atoms with Gasteiger partial charge in [-0.05, 0) is 30.3 Å². The number of amides is 2. The van der Waals surface area contributed by atoms with Crippen molar-refractivity contribution in [1.82, 2.24) is 0 Å². The lowest BCUT2D eigenvalue weighted by atomic mass is 10.2.